The van der Waals surface area contributed by atoms with Crippen molar-refractivity contribution in [1.29, 1.82) is 0 Å². The molecule has 7 nitrogen and oxygen atoms in total. The van der Waals surface area contributed by atoms with E-state index in [4.69, 9.17) is 19.1 Å². The van der Waals surface area contributed by atoms with Gasteiger partial charge >= 0.3 is 12.1 Å². The van der Waals surface area contributed by atoms with E-state index in [0.717, 1.165) is 81.4 Å². The molecule has 1 aliphatic carbocycles. The first-order valence-electron chi connectivity index (χ1n) is 13.8. The summed E-state index contributed by atoms with van der Waals surface area (Å²) < 4.78 is 44.1. The van der Waals surface area contributed by atoms with Gasteiger partial charge in [0.15, 0.2) is 6.10 Å². The molecule has 2 aromatic rings. The van der Waals surface area contributed by atoms with Crippen molar-refractivity contribution in [1.82, 2.24) is 0 Å². The SMILES string of the molecule is CC[N+]1(CCCSc2ccccc2)CC[C@@H](OC(=O)[C@](O)(c2ccco2)C2CCCCC2)C1.O=C([O-])C(F)(F)F. The monoisotopic (exact) mass is 585 g/mol. The lowest BCUT2D eigenvalue weighted by atomic mass is 9.75. The van der Waals surface area contributed by atoms with Gasteiger partial charge in [-0.3, -0.25) is 0 Å². The predicted octanol–water partition coefficient (Wildman–Crippen LogP) is 4.68. The van der Waals surface area contributed by atoms with Gasteiger partial charge in [-0.05, 0) is 44.0 Å². The predicted molar refractivity (Wildman–Crippen MR) is 142 cm³/mol. The first-order valence-corrected chi connectivity index (χ1v) is 14.8. The number of likely N-dealkylation sites (N-methyl/N-ethyl adjacent to an activating group) is 1. The third-order valence-electron chi connectivity index (χ3n) is 7.89. The summed E-state index contributed by atoms with van der Waals surface area (Å²) >= 11 is 1.90. The number of halogens is 3. The van der Waals surface area contributed by atoms with Crippen molar-refractivity contribution in [2.45, 2.75) is 74.6 Å². The van der Waals surface area contributed by atoms with E-state index in [0.29, 0.717) is 5.76 Å². The van der Waals surface area contributed by atoms with Gasteiger partial charge in [-0.2, -0.15) is 13.2 Å². The molecule has 3 atom stereocenters. The smallest absolute Gasteiger partial charge is 0.430 e. The number of quaternary nitrogens is 1. The van der Waals surface area contributed by atoms with E-state index in [2.05, 4.69) is 31.2 Å². The molecular weight excluding hydrogens is 547 g/mol. The Kier molecular flexibility index (Phi) is 11.5. The average Bonchev–Trinajstić information content (AvgIpc) is 3.63. The first-order chi connectivity index (χ1) is 19.0. The number of aliphatic hydroxyl groups is 1. The molecule has 0 amide bonds. The number of benzene rings is 1. The highest BCUT2D eigenvalue weighted by Gasteiger charge is 2.51. The van der Waals surface area contributed by atoms with E-state index < -0.39 is 23.7 Å². The number of carbonyl (C=O) groups excluding carboxylic acids is 2. The van der Waals surface area contributed by atoms with E-state index in [1.54, 1.807) is 12.1 Å². The molecule has 4 rings (SSSR count). The molecule has 0 spiro atoms. The summed E-state index contributed by atoms with van der Waals surface area (Å²) in [6.45, 7) is 6.21. The highest BCUT2D eigenvalue weighted by atomic mass is 32.2. The van der Waals surface area contributed by atoms with Crippen LogP contribution in [0.5, 0.6) is 0 Å². The summed E-state index contributed by atoms with van der Waals surface area (Å²) in [5.41, 5.74) is -1.68. The zero-order valence-electron chi connectivity index (χ0n) is 22.7. The van der Waals surface area contributed by atoms with E-state index in [-0.39, 0.29) is 12.0 Å². The van der Waals surface area contributed by atoms with Crippen LogP contribution in [-0.2, 0) is 19.9 Å². The Bertz CT molecular complexity index is 1060. The minimum absolute atomic E-state index is 0.147. The molecule has 1 N–H and O–H groups in total. The van der Waals surface area contributed by atoms with E-state index >= 15 is 0 Å². The van der Waals surface area contributed by atoms with Gasteiger partial charge in [-0.1, -0.05) is 37.5 Å². The normalized spacial score (nSPS) is 23.1. The van der Waals surface area contributed by atoms with Gasteiger partial charge in [-0.25, -0.2) is 4.79 Å². The van der Waals surface area contributed by atoms with Crippen molar-refractivity contribution in [3.05, 3.63) is 54.5 Å². The molecule has 2 aliphatic rings. The topological polar surface area (TPSA) is 99.8 Å². The Morgan fingerprint density at radius 2 is 1.77 bits per heavy atom. The summed E-state index contributed by atoms with van der Waals surface area (Å²) in [6, 6.07) is 14.0. The van der Waals surface area contributed by atoms with Crippen molar-refractivity contribution in [2.24, 2.45) is 5.92 Å². The molecule has 2 fully saturated rings. The van der Waals surface area contributed by atoms with E-state index in [1.165, 1.54) is 11.2 Å². The average molecular weight is 586 g/mol. The molecule has 11 heteroatoms. The number of likely N-dealkylation sites (tertiary alicyclic amines) is 1. The number of carboxylic acid groups (broad SMARTS) is 1. The molecule has 1 saturated heterocycles. The van der Waals surface area contributed by atoms with Crippen molar-refractivity contribution in [3.8, 4) is 0 Å². The number of hydrogen-bond donors (Lipinski definition) is 1. The zero-order chi connectivity index (χ0) is 29.2. The molecule has 1 aromatic carbocycles. The van der Waals surface area contributed by atoms with Gasteiger partial charge in [0.1, 0.15) is 18.3 Å². The second-order valence-electron chi connectivity index (χ2n) is 10.5. The summed E-state index contributed by atoms with van der Waals surface area (Å²) in [5, 5.41) is 20.4. The molecule has 1 aromatic heterocycles. The second kappa shape index (κ2) is 14.4. The lowest BCUT2D eigenvalue weighted by Crippen LogP contribution is -2.49. The van der Waals surface area contributed by atoms with Crippen LogP contribution in [0.2, 0.25) is 0 Å². The Balaban J connectivity index is 0.000000559. The molecule has 1 saturated carbocycles. The number of aliphatic carboxylic acids is 1. The molecule has 0 bridgehead atoms. The summed E-state index contributed by atoms with van der Waals surface area (Å²) in [5.74, 6) is -2.26. The zero-order valence-corrected chi connectivity index (χ0v) is 23.6. The lowest BCUT2D eigenvalue weighted by molar-refractivity contribution is -0.916. The fraction of sp³-hybridized carbons (Fsp3) is 0.586. The van der Waals surface area contributed by atoms with Crippen LogP contribution in [0, 0.1) is 5.92 Å². The van der Waals surface area contributed by atoms with Gasteiger partial charge in [0.05, 0.1) is 25.9 Å². The minimum atomic E-state index is -5.19. The Morgan fingerprint density at radius 3 is 2.35 bits per heavy atom. The quantitative estimate of drug-likeness (QED) is 0.187. The number of thioether (sulfide) groups is 1. The summed E-state index contributed by atoms with van der Waals surface area (Å²) in [7, 11) is 0. The third kappa shape index (κ3) is 8.50. The number of alkyl halides is 3. The number of carboxylic acids is 1. The van der Waals surface area contributed by atoms with Crippen molar-refractivity contribution >= 4 is 23.7 Å². The number of nitrogens with zero attached hydrogens (tertiary/aromatic N) is 1. The fourth-order valence-corrected chi connectivity index (χ4v) is 6.47. The standard InChI is InChI=1S/C27H38NO4S.C2HF3O2/c1-2-28(17-10-20-33-24-13-7-4-8-14-24)18-16-23(21-28)32-26(29)27(30,25-15-9-19-31-25)22-11-5-3-6-12-22;3-2(4,5)1(6)7/h4,7-9,13-15,19,22-23,30H,2-3,5-6,10-12,16-18,20-21H2,1H3;(H,6,7)/q+1;/p-1/t23-,27-,28?;/m1./s1. The van der Waals surface area contributed by atoms with Crippen LogP contribution in [0.25, 0.3) is 0 Å². The van der Waals surface area contributed by atoms with Gasteiger partial charge in [0.25, 0.3) is 0 Å². The van der Waals surface area contributed by atoms with Crippen LogP contribution >= 0.6 is 11.8 Å². The van der Waals surface area contributed by atoms with Crippen molar-refractivity contribution in [3.63, 3.8) is 0 Å². The van der Waals surface area contributed by atoms with Gasteiger partial charge in [-0.15, -0.1) is 11.8 Å². The van der Waals surface area contributed by atoms with Crippen molar-refractivity contribution < 1.29 is 46.6 Å². The maximum atomic E-state index is 13.4. The van der Waals surface area contributed by atoms with Crippen LogP contribution in [0.4, 0.5) is 13.2 Å². The molecule has 222 valence electrons. The Morgan fingerprint density at radius 1 is 1.10 bits per heavy atom. The van der Waals surface area contributed by atoms with Crippen LogP contribution in [0.3, 0.4) is 0 Å². The van der Waals surface area contributed by atoms with E-state index in [1.807, 2.05) is 17.8 Å². The van der Waals surface area contributed by atoms with Crippen molar-refractivity contribution in [2.75, 3.05) is 31.9 Å². The number of carbonyl (C=O) groups is 2. The second-order valence-corrected chi connectivity index (χ2v) is 11.7. The number of ether oxygens (including phenoxy) is 1. The molecule has 0 radical (unpaired) electrons. The van der Waals surface area contributed by atoms with E-state index in [9.17, 15) is 23.1 Å². The minimum Gasteiger partial charge on any atom is -0.542 e. The highest BCUT2D eigenvalue weighted by molar-refractivity contribution is 7.99. The number of rotatable bonds is 10. The van der Waals surface area contributed by atoms with Gasteiger partial charge in [0, 0.05) is 29.4 Å². The third-order valence-corrected chi connectivity index (χ3v) is 8.98. The summed E-state index contributed by atoms with van der Waals surface area (Å²) in [6.07, 6.45) is 3.03. The van der Waals surface area contributed by atoms with Crippen LogP contribution in [0.1, 0.15) is 57.6 Å². The van der Waals surface area contributed by atoms with Gasteiger partial charge in [0.2, 0.25) is 5.60 Å². The Labute approximate surface area is 237 Å². The molecular formula is C29H38F3NO6S. The van der Waals surface area contributed by atoms with Crippen LogP contribution in [0.15, 0.2) is 58.0 Å². The maximum absolute atomic E-state index is 13.4. The molecule has 1 aliphatic heterocycles. The van der Waals surface area contributed by atoms with Crippen LogP contribution < -0.4 is 5.11 Å². The largest absolute Gasteiger partial charge is 0.542 e. The number of esters is 1. The fourth-order valence-electron chi connectivity index (χ4n) is 5.61. The first kappa shape index (κ1) is 32.0. The molecule has 1 unspecified atom stereocenters. The number of furan rings is 1. The summed E-state index contributed by atoms with van der Waals surface area (Å²) in [4.78, 5) is 23.5. The van der Waals surface area contributed by atoms with Crippen LogP contribution in [-0.4, -0.2) is 65.7 Å². The molecule has 40 heavy (non-hydrogen) atoms. The molecule has 2 heterocycles. The lowest BCUT2D eigenvalue weighted by Gasteiger charge is -2.36. The van der Waals surface area contributed by atoms with Gasteiger partial charge < -0.3 is 28.6 Å². The maximum Gasteiger partial charge on any atom is 0.430 e. The Hall–Kier alpha value is -2.50. The number of hydrogen-bond acceptors (Lipinski definition) is 7. The highest BCUT2D eigenvalue weighted by Crippen LogP contribution is 2.41.